The largest absolute Gasteiger partial charge is 0.462 e. The zero-order valence-electron chi connectivity index (χ0n) is 9.13. The average Bonchev–Trinajstić information content (AvgIpc) is 2.15. The van der Waals surface area contributed by atoms with Crippen LogP contribution in [0.5, 0.6) is 0 Å². The number of amides is 1. The van der Waals surface area contributed by atoms with Crippen LogP contribution in [-0.2, 0) is 14.3 Å². The van der Waals surface area contributed by atoms with Crippen LogP contribution in [0.2, 0.25) is 0 Å². The fraction of sp³-hybridized carbons (Fsp3) is 0.800. The van der Waals surface area contributed by atoms with Crippen molar-refractivity contribution in [2.24, 2.45) is 5.92 Å². The van der Waals surface area contributed by atoms with E-state index < -0.39 is 11.9 Å². The Balaban J connectivity index is 3.36. The third-order valence-electron chi connectivity index (χ3n) is 1.86. The number of rotatable bonds is 5. The number of hydrogen-bond donors (Lipinski definition) is 1. The first-order valence-corrected chi connectivity index (χ1v) is 4.94. The van der Waals surface area contributed by atoms with Gasteiger partial charge in [-0.25, -0.2) is 4.79 Å². The van der Waals surface area contributed by atoms with Gasteiger partial charge in [0, 0.05) is 6.54 Å². The van der Waals surface area contributed by atoms with Crippen molar-refractivity contribution in [2.75, 3.05) is 13.7 Å². The molecule has 0 heterocycles. The molecule has 0 saturated carbocycles. The fourth-order valence-corrected chi connectivity index (χ4v) is 1.04. The lowest BCUT2D eigenvalue weighted by molar-refractivity contribution is -0.152. The minimum absolute atomic E-state index is 0.542. The molecule has 1 amide bonds. The van der Waals surface area contributed by atoms with E-state index in [-0.39, 0.29) is 0 Å². The molecule has 0 aliphatic rings. The van der Waals surface area contributed by atoms with E-state index in [9.17, 15) is 9.59 Å². The van der Waals surface area contributed by atoms with Gasteiger partial charge in [0.15, 0.2) is 0 Å². The van der Waals surface area contributed by atoms with Gasteiger partial charge in [0.1, 0.15) is 0 Å². The normalized spacial score (nSPS) is 10.0. The van der Waals surface area contributed by atoms with Gasteiger partial charge in [0.05, 0.1) is 7.11 Å². The van der Waals surface area contributed by atoms with Gasteiger partial charge in [-0.2, -0.15) is 0 Å². The van der Waals surface area contributed by atoms with Crippen molar-refractivity contribution in [1.29, 1.82) is 0 Å². The Morgan fingerprint density at radius 1 is 1.29 bits per heavy atom. The van der Waals surface area contributed by atoms with E-state index in [1.54, 1.807) is 0 Å². The van der Waals surface area contributed by atoms with E-state index in [1.165, 1.54) is 7.11 Å². The van der Waals surface area contributed by atoms with Gasteiger partial charge in [-0.1, -0.05) is 26.7 Å². The predicted molar refractivity (Wildman–Crippen MR) is 53.7 cm³/mol. The van der Waals surface area contributed by atoms with Gasteiger partial charge in [-0.05, 0) is 12.3 Å². The molecule has 0 radical (unpaired) electrons. The summed E-state index contributed by atoms with van der Waals surface area (Å²) in [5.41, 5.74) is 0. The molecule has 0 bridgehead atoms. The van der Waals surface area contributed by atoms with Crippen LogP contribution < -0.4 is 5.32 Å². The Bertz CT molecular complexity index is 190. The Hall–Kier alpha value is -1.06. The number of unbranched alkanes of at least 4 members (excludes halogenated alkanes) is 1. The maximum Gasteiger partial charge on any atom is 0.396 e. The van der Waals surface area contributed by atoms with E-state index in [0.29, 0.717) is 12.5 Å². The second kappa shape index (κ2) is 7.35. The molecule has 1 N–H and O–H groups in total. The maximum atomic E-state index is 10.9. The standard InChI is InChI=1S/C10H19NO3/c1-8(2)6-4-5-7-11-9(12)10(13)14-3/h8H,4-7H2,1-3H3,(H,11,12). The number of carbonyl (C=O) groups excluding carboxylic acids is 2. The molecular formula is C10H19NO3. The van der Waals surface area contributed by atoms with Crippen LogP contribution in [0.4, 0.5) is 0 Å². The van der Waals surface area contributed by atoms with Crippen molar-refractivity contribution >= 4 is 11.9 Å². The SMILES string of the molecule is COC(=O)C(=O)NCCCCC(C)C. The van der Waals surface area contributed by atoms with E-state index in [2.05, 4.69) is 23.9 Å². The molecule has 0 fully saturated rings. The van der Waals surface area contributed by atoms with Crippen LogP contribution in [0.1, 0.15) is 33.1 Å². The Labute approximate surface area is 85.0 Å². The van der Waals surface area contributed by atoms with Gasteiger partial charge in [0.2, 0.25) is 0 Å². The first kappa shape index (κ1) is 12.9. The van der Waals surface area contributed by atoms with Gasteiger partial charge in [-0.3, -0.25) is 4.79 Å². The van der Waals surface area contributed by atoms with Crippen molar-refractivity contribution in [3.05, 3.63) is 0 Å². The van der Waals surface area contributed by atoms with Crippen LogP contribution in [-0.4, -0.2) is 25.5 Å². The summed E-state index contributed by atoms with van der Waals surface area (Å²) in [5.74, 6) is -0.794. The predicted octanol–water partition coefficient (Wildman–Crippen LogP) is 1.10. The second-order valence-corrected chi connectivity index (χ2v) is 3.64. The lowest BCUT2D eigenvalue weighted by atomic mass is 10.1. The number of hydrogen-bond acceptors (Lipinski definition) is 3. The van der Waals surface area contributed by atoms with Gasteiger partial charge < -0.3 is 10.1 Å². The number of carbonyl (C=O) groups is 2. The summed E-state index contributed by atoms with van der Waals surface area (Å²) in [7, 11) is 1.20. The van der Waals surface area contributed by atoms with Crippen LogP contribution in [0.25, 0.3) is 0 Å². The minimum Gasteiger partial charge on any atom is -0.462 e. The van der Waals surface area contributed by atoms with Crippen LogP contribution >= 0.6 is 0 Å². The molecule has 0 aromatic carbocycles. The van der Waals surface area contributed by atoms with Crippen molar-refractivity contribution in [2.45, 2.75) is 33.1 Å². The topological polar surface area (TPSA) is 55.4 Å². The molecular weight excluding hydrogens is 182 g/mol. The summed E-state index contributed by atoms with van der Waals surface area (Å²) in [5, 5.41) is 2.49. The first-order chi connectivity index (χ1) is 6.57. The van der Waals surface area contributed by atoms with E-state index in [0.717, 1.165) is 19.3 Å². The molecule has 0 aromatic rings. The quantitative estimate of drug-likeness (QED) is 0.412. The van der Waals surface area contributed by atoms with Crippen molar-refractivity contribution in [3.63, 3.8) is 0 Å². The summed E-state index contributed by atoms with van der Waals surface area (Å²) in [6, 6.07) is 0. The number of ether oxygens (including phenoxy) is 1. The Morgan fingerprint density at radius 3 is 2.43 bits per heavy atom. The zero-order chi connectivity index (χ0) is 11.0. The Kier molecular flexibility index (Phi) is 6.80. The highest BCUT2D eigenvalue weighted by atomic mass is 16.5. The van der Waals surface area contributed by atoms with Gasteiger partial charge >= 0.3 is 11.9 Å². The Morgan fingerprint density at radius 2 is 1.93 bits per heavy atom. The minimum atomic E-state index is -0.825. The van der Waals surface area contributed by atoms with Crippen molar-refractivity contribution in [1.82, 2.24) is 5.32 Å². The lowest BCUT2D eigenvalue weighted by Crippen LogP contribution is -2.32. The van der Waals surface area contributed by atoms with Crippen molar-refractivity contribution < 1.29 is 14.3 Å². The van der Waals surface area contributed by atoms with E-state index in [1.807, 2.05) is 0 Å². The van der Waals surface area contributed by atoms with Gasteiger partial charge in [-0.15, -0.1) is 0 Å². The summed E-state index contributed by atoms with van der Waals surface area (Å²) in [6.07, 6.45) is 3.12. The number of methoxy groups -OCH3 is 1. The van der Waals surface area contributed by atoms with Crippen LogP contribution in [0, 0.1) is 5.92 Å². The smallest absolute Gasteiger partial charge is 0.396 e. The first-order valence-electron chi connectivity index (χ1n) is 4.94. The highest BCUT2D eigenvalue weighted by Crippen LogP contribution is 2.04. The molecule has 14 heavy (non-hydrogen) atoms. The summed E-state index contributed by atoms with van der Waals surface area (Å²) < 4.78 is 4.26. The maximum absolute atomic E-state index is 10.9. The molecule has 0 spiro atoms. The number of esters is 1. The highest BCUT2D eigenvalue weighted by molar-refractivity contribution is 6.32. The molecule has 0 atom stereocenters. The molecule has 4 heteroatoms. The number of nitrogens with one attached hydrogen (secondary N) is 1. The highest BCUT2D eigenvalue weighted by Gasteiger charge is 2.11. The monoisotopic (exact) mass is 201 g/mol. The molecule has 0 saturated heterocycles. The molecule has 0 unspecified atom stereocenters. The fourth-order valence-electron chi connectivity index (χ4n) is 1.04. The van der Waals surface area contributed by atoms with Crippen LogP contribution in [0.3, 0.4) is 0 Å². The third-order valence-corrected chi connectivity index (χ3v) is 1.86. The zero-order valence-corrected chi connectivity index (χ0v) is 9.13. The van der Waals surface area contributed by atoms with E-state index >= 15 is 0 Å². The van der Waals surface area contributed by atoms with Gasteiger partial charge in [0.25, 0.3) is 0 Å². The summed E-state index contributed by atoms with van der Waals surface area (Å²) in [4.78, 5) is 21.5. The third kappa shape index (κ3) is 6.46. The van der Waals surface area contributed by atoms with Crippen molar-refractivity contribution in [3.8, 4) is 0 Å². The molecule has 82 valence electrons. The summed E-state index contributed by atoms with van der Waals surface area (Å²) >= 11 is 0. The average molecular weight is 201 g/mol. The molecule has 0 aliphatic heterocycles. The molecule has 0 aliphatic carbocycles. The van der Waals surface area contributed by atoms with E-state index in [4.69, 9.17) is 0 Å². The van der Waals surface area contributed by atoms with Crippen LogP contribution in [0.15, 0.2) is 0 Å². The molecule has 0 aromatic heterocycles. The molecule has 0 rings (SSSR count). The lowest BCUT2D eigenvalue weighted by Gasteiger charge is -2.05. The summed E-state index contributed by atoms with van der Waals surface area (Å²) in [6.45, 7) is 4.86. The second-order valence-electron chi connectivity index (χ2n) is 3.64. The molecule has 4 nitrogen and oxygen atoms in total.